The fraction of sp³-hybridized carbons (Fsp3) is 0.125. The number of allylic oxidation sites excluding steroid dienone is 2. The predicted octanol–water partition coefficient (Wildman–Crippen LogP) is -0.132. The Morgan fingerprint density at radius 2 is 2.00 bits per heavy atom. The van der Waals surface area contributed by atoms with Crippen LogP contribution >= 0.6 is 0 Å². The zero-order valence-electron chi connectivity index (χ0n) is 6.88. The Kier molecular flexibility index (Phi) is 2.32. The van der Waals surface area contributed by atoms with Crippen molar-refractivity contribution in [2.75, 3.05) is 0 Å². The first-order chi connectivity index (χ1) is 6.17. The smallest absolute Gasteiger partial charge is 0.251 e. The summed E-state index contributed by atoms with van der Waals surface area (Å²) in [5.41, 5.74) is 0.461. The van der Waals surface area contributed by atoms with Crippen LogP contribution in [0, 0.1) is 22.7 Å². The average Bonchev–Trinajstić information content (AvgIpc) is 2.04. The summed E-state index contributed by atoms with van der Waals surface area (Å²) in [6.07, 6.45) is 1.34. The van der Waals surface area contributed by atoms with Gasteiger partial charge in [0.25, 0.3) is 5.91 Å². The molecule has 64 valence electrons. The molecule has 1 heterocycles. The third-order valence-electron chi connectivity index (χ3n) is 1.39. The van der Waals surface area contributed by atoms with Crippen molar-refractivity contribution in [3.8, 4) is 12.1 Å². The van der Waals surface area contributed by atoms with Gasteiger partial charge < -0.3 is 10.6 Å². The lowest BCUT2D eigenvalue weighted by molar-refractivity contribution is -0.116. The SMILES string of the molecule is CC1=CC(=O)NC(=C(C#N)C#N)N1. The maximum atomic E-state index is 10.9. The van der Waals surface area contributed by atoms with Crippen molar-refractivity contribution in [3.63, 3.8) is 0 Å². The van der Waals surface area contributed by atoms with Gasteiger partial charge in [0.1, 0.15) is 18.0 Å². The molecule has 13 heavy (non-hydrogen) atoms. The number of nitrogens with zero attached hydrogens (tertiary/aromatic N) is 2. The lowest BCUT2D eigenvalue weighted by Crippen LogP contribution is -2.35. The minimum Gasteiger partial charge on any atom is -0.344 e. The molecule has 5 heteroatoms. The molecule has 0 unspecified atom stereocenters. The van der Waals surface area contributed by atoms with Crippen LogP contribution in [0.5, 0.6) is 0 Å². The van der Waals surface area contributed by atoms with Crippen LogP contribution in [0.3, 0.4) is 0 Å². The van der Waals surface area contributed by atoms with Crippen molar-refractivity contribution < 1.29 is 4.79 Å². The number of amides is 1. The maximum absolute atomic E-state index is 10.9. The van der Waals surface area contributed by atoms with E-state index in [4.69, 9.17) is 10.5 Å². The van der Waals surface area contributed by atoms with Crippen LogP contribution in [0.25, 0.3) is 0 Å². The van der Waals surface area contributed by atoms with Crippen LogP contribution in [0.2, 0.25) is 0 Å². The molecule has 0 spiro atoms. The lowest BCUT2D eigenvalue weighted by atomic mass is 10.2. The third kappa shape index (κ3) is 1.85. The minimum atomic E-state index is -0.339. The van der Waals surface area contributed by atoms with Gasteiger partial charge in [-0.15, -0.1) is 0 Å². The third-order valence-corrected chi connectivity index (χ3v) is 1.39. The Hall–Kier alpha value is -2.27. The predicted molar refractivity (Wildman–Crippen MR) is 43.3 cm³/mol. The molecule has 0 radical (unpaired) electrons. The molecule has 0 aromatic carbocycles. The van der Waals surface area contributed by atoms with E-state index in [0.717, 1.165) is 0 Å². The zero-order chi connectivity index (χ0) is 9.84. The van der Waals surface area contributed by atoms with Crippen LogP contribution in [-0.2, 0) is 4.79 Å². The number of hydrogen-bond acceptors (Lipinski definition) is 4. The van der Waals surface area contributed by atoms with Crippen molar-refractivity contribution >= 4 is 5.91 Å². The molecule has 1 aliphatic rings. The van der Waals surface area contributed by atoms with E-state index in [2.05, 4.69) is 10.6 Å². The maximum Gasteiger partial charge on any atom is 0.251 e. The Morgan fingerprint density at radius 3 is 2.46 bits per heavy atom. The molecule has 1 rings (SSSR count). The molecule has 1 amide bonds. The fourth-order valence-electron chi connectivity index (χ4n) is 0.882. The molecule has 2 N–H and O–H groups in total. The van der Waals surface area contributed by atoms with E-state index in [0.29, 0.717) is 5.70 Å². The van der Waals surface area contributed by atoms with Gasteiger partial charge in [-0.25, -0.2) is 0 Å². The summed E-state index contributed by atoms with van der Waals surface area (Å²) in [4.78, 5) is 10.9. The number of carbonyl (C=O) groups excluding carboxylic acids is 1. The van der Waals surface area contributed by atoms with Crippen LogP contribution in [0.15, 0.2) is 23.2 Å². The summed E-state index contributed by atoms with van der Waals surface area (Å²) >= 11 is 0. The monoisotopic (exact) mass is 174 g/mol. The van der Waals surface area contributed by atoms with E-state index in [1.807, 2.05) is 0 Å². The van der Waals surface area contributed by atoms with Gasteiger partial charge in [0, 0.05) is 11.8 Å². The van der Waals surface area contributed by atoms with E-state index < -0.39 is 0 Å². The van der Waals surface area contributed by atoms with Crippen molar-refractivity contribution in [1.82, 2.24) is 10.6 Å². The van der Waals surface area contributed by atoms with Crippen LogP contribution in [0.4, 0.5) is 0 Å². The van der Waals surface area contributed by atoms with E-state index in [1.165, 1.54) is 6.08 Å². The highest BCUT2D eigenvalue weighted by Crippen LogP contribution is 2.03. The Morgan fingerprint density at radius 1 is 1.38 bits per heavy atom. The van der Waals surface area contributed by atoms with E-state index in [9.17, 15) is 4.79 Å². The minimum absolute atomic E-state index is 0.138. The first-order valence-electron chi connectivity index (χ1n) is 3.48. The molecule has 0 aromatic rings. The van der Waals surface area contributed by atoms with Gasteiger partial charge in [0.2, 0.25) is 0 Å². The van der Waals surface area contributed by atoms with Gasteiger partial charge in [-0.1, -0.05) is 0 Å². The van der Waals surface area contributed by atoms with E-state index >= 15 is 0 Å². The van der Waals surface area contributed by atoms with Gasteiger partial charge in [-0.05, 0) is 6.92 Å². The summed E-state index contributed by atoms with van der Waals surface area (Å²) < 4.78 is 0. The second-order valence-electron chi connectivity index (χ2n) is 2.42. The summed E-state index contributed by atoms with van der Waals surface area (Å²) in [5.74, 6) is -0.191. The van der Waals surface area contributed by atoms with Crippen LogP contribution in [0.1, 0.15) is 6.92 Å². The quantitative estimate of drug-likeness (QED) is 0.500. The highest BCUT2D eigenvalue weighted by molar-refractivity contribution is 5.91. The number of nitriles is 2. The zero-order valence-corrected chi connectivity index (χ0v) is 6.88. The summed E-state index contributed by atoms with van der Waals surface area (Å²) in [7, 11) is 0. The Balaban J connectivity index is 3.08. The van der Waals surface area contributed by atoms with Gasteiger partial charge in [0.05, 0.1) is 0 Å². The Labute approximate surface area is 75.0 Å². The highest BCUT2D eigenvalue weighted by Gasteiger charge is 2.13. The molecule has 0 fully saturated rings. The molecule has 0 bridgehead atoms. The first-order valence-corrected chi connectivity index (χ1v) is 3.48. The molecule has 0 saturated heterocycles. The molecular formula is C8H6N4O. The largest absolute Gasteiger partial charge is 0.344 e. The van der Waals surface area contributed by atoms with Gasteiger partial charge >= 0.3 is 0 Å². The van der Waals surface area contributed by atoms with Crippen molar-refractivity contribution in [2.24, 2.45) is 0 Å². The van der Waals surface area contributed by atoms with Crippen molar-refractivity contribution in [3.05, 3.63) is 23.2 Å². The number of rotatable bonds is 0. The standard InChI is InChI=1S/C8H6N4O/c1-5-2-7(13)12-8(11-5)6(3-9)4-10/h2,11H,1H3,(H,12,13). The highest BCUT2D eigenvalue weighted by atomic mass is 16.1. The summed E-state index contributed by atoms with van der Waals surface area (Å²) in [6.45, 7) is 1.67. The molecule has 0 saturated carbocycles. The summed E-state index contributed by atoms with van der Waals surface area (Å²) in [6, 6.07) is 3.35. The van der Waals surface area contributed by atoms with Crippen molar-refractivity contribution in [1.29, 1.82) is 10.5 Å². The normalized spacial score (nSPS) is 14.5. The lowest BCUT2D eigenvalue weighted by Gasteiger charge is -2.16. The second kappa shape index (κ2) is 3.42. The van der Waals surface area contributed by atoms with Gasteiger partial charge in [-0.2, -0.15) is 10.5 Å². The molecule has 0 aliphatic carbocycles. The fourth-order valence-corrected chi connectivity index (χ4v) is 0.882. The van der Waals surface area contributed by atoms with Crippen LogP contribution < -0.4 is 10.6 Å². The van der Waals surface area contributed by atoms with Crippen molar-refractivity contribution in [2.45, 2.75) is 6.92 Å². The number of carbonyl (C=O) groups is 1. The topological polar surface area (TPSA) is 88.7 Å². The average molecular weight is 174 g/mol. The Bertz CT molecular complexity index is 375. The van der Waals surface area contributed by atoms with Gasteiger partial charge in [-0.3, -0.25) is 4.79 Å². The molecular weight excluding hydrogens is 168 g/mol. The molecule has 0 aromatic heterocycles. The number of hydrogen-bond donors (Lipinski definition) is 2. The summed E-state index contributed by atoms with van der Waals surface area (Å²) in [5, 5.41) is 22.1. The molecule has 0 atom stereocenters. The first kappa shape index (κ1) is 8.82. The molecule has 5 nitrogen and oxygen atoms in total. The second-order valence-corrected chi connectivity index (χ2v) is 2.42. The number of nitrogens with one attached hydrogen (secondary N) is 2. The van der Waals surface area contributed by atoms with E-state index in [1.54, 1.807) is 19.1 Å². The van der Waals surface area contributed by atoms with E-state index in [-0.39, 0.29) is 17.3 Å². The van der Waals surface area contributed by atoms with Crippen LogP contribution in [-0.4, -0.2) is 5.91 Å². The molecule has 1 aliphatic heterocycles. The van der Waals surface area contributed by atoms with Gasteiger partial charge in [0.15, 0.2) is 5.57 Å².